The van der Waals surface area contributed by atoms with Crippen molar-refractivity contribution in [1.82, 2.24) is 5.16 Å². The molecular weight excluding hydrogens is 286 g/mol. The van der Waals surface area contributed by atoms with Crippen LogP contribution in [-0.2, 0) is 6.61 Å². The lowest BCUT2D eigenvalue weighted by atomic mass is 10.2. The molecule has 3 aromatic rings. The average Bonchev–Trinajstić information content (AvgIpc) is 3.01. The molecule has 21 heavy (non-hydrogen) atoms. The number of aromatic nitrogens is 1. The number of benzene rings is 1. The molecule has 108 valence electrons. The number of amidine groups is 1. The standard InChI is InChI=1S/C15H15N3O2S/c1-8-12(9(2)20-18-8)7-19-11-4-3-10-5-14(15(16)17)21-13(10)6-11/h3-6H,7H2,1-2H3,(H3,16,17). The van der Waals surface area contributed by atoms with Crippen molar-refractivity contribution in [2.75, 3.05) is 0 Å². The highest BCUT2D eigenvalue weighted by Crippen LogP contribution is 2.29. The van der Waals surface area contributed by atoms with Gasteiger partial charge in [0, 0.05) is 4.70 Å². The van der Waals surface area contributed by atoms with E-state index in [1.165, 1.54) is 11.3 Å². The quantitative estimate of drug-likeness (QED) is 0.571. The van der Waals surface area contributed by atoms with Crippen molar-refractivity contribution in [3.8, 4) is 5.75 Å². The number of fused-ring (bicyclic) bond motifs is 1. The Hall–Kier alpha value is -2.34. The van der Waals surface area contributed by atoms with E-state index in [0.717, 1.165) is 37.7 Å². The first-order valence-electron chi connectivity index (χ1n) is 6.47. The topological polar surface area (TPSA) is 85.1 Å². The molecule has 0 aliphatic carbocycles. The minimum Gasteiger partial charge on any atom is -0.489 e. The summed E-state index contributed by atoms with van der Waals surface area (Å²) < 4.78 is 12.0. The fraction of sp³-hybridized carbons (Fsp3) is 0.200. The summed E-state index contributed by atoms with van der Waals surface area (Å²) in [6, 6.07) is 7.77. The summed E-state index contributed by atoms with van der Waals surface area (Å²) in [7, 11) is 0. The highest BCUT2D eigenvalue weighted by atomic mass is 32.1. The highest BCUT2D eigenvalue weighted by Gasteiger charge is 2.10. The van der Waals surface area contributed by atoms with Crippen LogP contribution in [-0.4, -0.2) is 11.0 Å². The summed E-state index contributed by atoms with van der Waals surface area (Å²) in [4.78, 5) is 0.771. The summed E-state index contributed by atoms with van der Waals surface area (Å²) >= 11 is 1.49. The maximum absolute atomic E-state index is 7.48. The summed E-state index contributed by atoms with van der Waals surface area (Å²) in [6.45, 7) is 4.20. The Kier molecular flexibility index (Phi) is 3.39. The van der Waals surface area contributed by atoms with Crippen LogP contribution in [0.1, 0.15) is 21.9 Å². The molecule has 3 N–H and O–H groups in total. The predicted molar refractivity (Wildman–Crippen MR) is 83.2 cm³/mol. The summed E-state index contributed by atoms with van der Waals surface area (Å²) in [5.41, 5.74) is 7.34. The molecule has 6 heteroatoms. The van der Waals surface area contributed by atoms with Gasteiger partial charge in [0.25, 0.3) is 0 Å². The SMILES string of the molecule is Cc1noc(C)c1COc1ccc2cc(C(=N)N)sc2c1. The van der Waals surface area contributed by atoms with Crippen LogP contribution in [0.4, 0.5) is 0 Å². The monoisotopic (exact) mass is 301 g/mol. The Bertz CT molecular complexity index is 800. The van der Waals surface area contributed by atoms with Crippen LogP contribution in [0.5, 0.6) is 5.75 Å². The summed E-state index contributed by atoms with van der Waals surface area (Å²) in [6.07, 6.45) is 0. The summed E-state index contributed by atoms with van der Waals surface area (Å²) in [5.74, 6) is 1.65. The summed E-state index contributed by atoms with van der Waals surface area (Å²) in [5, 5.41) is 12.5. The van der Waals surface area contributed by atoms with Crippen molar-refractivity contribution >= 4 is 27.3 Å². The minimum atomic E-state index is 0.0920. The first kappa shape index (κ1) is 13.6. The van der Waals surface area contributed by atoms with E-state index in [1.54, 1.807) is 0 Å². The van der Waals surface area contributed by atoms with Gasteiger partial charge in [-0.2, -0.15) is 0 Å². The van der Waals surface area contributed by atoms with E-state index >= 15 is 0 Å². The number of aryl methyl sites for hydroxylation is 2. The number of nitrogens with zero attached hydrogens (tertiary/aromatic N) is 1. The second-order valence-corrected chi connectivity index (χ2v) is 5.90. The molecule has 0 amide bonds. The van der Waals surface area contributed by atoms with Crippen molar-refractivity contribution in [3.63, 3.8) is 0 Å². The number of hydrogen-bond donors (Lipinski definition) is 2. The van der Waals surface area contributed by atoms with Gasteiger partial charge < -0.3 is 15.0 Å². The van der Waals surface area contributed by atoms with Crippen LogP contribution < -0.4 is 10.5 Å². The zero-order valence-electron chi connectivity index (χ0n) is 11.8. The largest absolute Gasteiger partial charge is 0.489 e. The van der Waals surface area contributed by atoms with Crippen LogP contribution in [0.3, 0.4) is 0 Å². The lowest BCUT2D eigenvalue weighted by molar-refractivity contribution is 0.302. The molecule has 2 aromatic heterocycles. The molecule has 0 atom stereocenters. The minimum absolute atomic E-state index is 0.0920. The van der Waals surface area contributed by atoms with Crippen molar-refractivity contribution in [1.29, 1.82) is 5.41 Å². The number of ether oxygens (including phenoxy) is 1. The van der Waals surface area contributed by atoms with E-state index in [4.69, 9.17) is 20.4 Å². The van der Waals surface area contributed by atoms with Crippen LogP contribution in [0.25, 0.3) is 10.1 Å². The zero-order chi connectivity index (χ0) is 15.0. The van der Waals surface area contributed by atoms with Crippen LogP contribution in [0, 0.1) is 19.3 Å². The Morgan fingerprint density at radius 1 is 1.38 bits per heavy atom. The zero-order valence-corrected chi connectivity index (χ0v) is 12.6. The Morgan fingerprint density at radius 3 is 2.86 bits per heavy atom. The number of nitrogen functional groups attached to an aromatic ring is 1. The smallest absolute Gasteiger partial charge is 0.140 e. The second-order valence-electron chi connectivity index (χ2n) is 4.82. The first-order chi connectivity index (χ1) is 10.0. The molecule has 3 rings (SSSR count). The van der Waals surface area contributed by atoms with Gasteiger partial charge in [-0.1, -0.05) is 5.16 Å². The van der Waals surface area contributed by atoms with Gasteiger partial charge in [-0.25, -0.2) is 0 Å². The fourth-order valence-corrected chi connectivity index (χ4v) is 3.05. The number of thiophene rings is 1. The molecule has 1 aromatic carbocycles. The number of hydrogen-bond acceptors (Lipinski definition) is 5. The van der Waals surface area contributed by atoms with Gasteiger partial charge in [0.1, 0.15) is 24.0 Å². The van der Waals surface area contributed by atoms with Gasteiger partial charge in [0.15, 0.2) is 0 Å². The van der Waals surface area contributed by atoms with Gasteiger partial charge in [-0.15, -0.1) is 11.3 Å². The van der Waals surface area contributed by atoms with Crippen LogP contribution in [0.2, 0.25) is 0 Å². The third-order valence-electron chi connectivity index (χ3n) is 3.32. The lowest BCUT2D eigenvalue weighted by Crippen LogP contribution is -2.08. The molecule has 0 spiro atoms. The van der Waals surface area contributed by atoms with E-state index in [1.807, 2.05) is 38.1 Å². The molecule has 5 nitrogen and oxygen atoms in total. The molecule has 0 bridgehead atoms. The Labute approximate surface area is 125 Å². The number of nitrogens with two attached hydrogens (primary N) is 1. The molecule has 2 heterocycles. The van der Waals surface area contributed by atoms with Crippen LogP contribution in [0.15, 0.2) is 28.8 Å². The molecular formula is C15H15N3O2S. The average molecular weight is 301 g/mol. The Morgan fingerprint density at radius 2 is 2.19 bits per heavy atom. The van der Waals surface area contributed by atoms with Crippen molar-refractivity contribution in [2.45, 2.75) is 20.5 Å². The van der Waals surface area contributed by atoms with Gasteiger partial charge in [-0.05, 0) is 43.5 Å². The molecule has 0 saturated carbocycles. The molecule has 0 unspecified atom stereocenters. The van der Waals surface area contributed by atoms with E-state index in [9.17, 15) is 0 Å². The van der Waals surface area contributed by atoms with Gasteiger partial charge in [-0.3, -0.25) is 5.41 Å². The maximum Gasteiger partial charge on any atom is 0.140 e. The van der Waals surface area contributed by atoms with Gasteiger partial charge in [0.2, 0.25) is 0 Å². The van der Waals surface area contributed by atoms with Crippen molar-refractivity contribution in [3.05, 3.63) is 46.2 Å². The van der Waals surface area contributed by atoms with E-state index in [0.29, 0.717) is 6.61 Å². The van der Waals surface area contributed by atoms with Crippen molar-refractivity contribution < 1.29 is 9.26 Å². The van der Waals surface area contributed by atoms with Gasteiger partial charge in [0.05, 0.1) is 16.1 Å². The predicted octanol–water partition coefficient (Wildman–Crippen LogP) is 3.37. The van der Waals surface area contributed by atoms with E-state index < -0.39 is 0 Å². The van der Waals surface area contributed by atoms with E-state index in [2.05, 4.69) is 5.16 Å². The number of nitrogens with one attached hydrogen (secondary N) is 1. The molecule has 0 radical (unpaired) electrons. The molecule has 0 fully saturated rings. The third-order valence-corrected chi connectivity index (χ3v) is 4.45. The van der Waals surface area contributed by atoms with E-state index in [-0.39, 0.29) is 5.84 Å². The highest BCUT2D eigenvalue weighted by molar-refractivity contribution is 7.20. The second kappa shape index (κ2) is 5.21. The molecule has 0 saturated heterocycles. The van der Waals surface area contributed by atoms with Crippen LogP contribution >= 0.6 is 11.3 Å². The lowest BCUT2D eigenvalue weighted by Gasteiger charge is -2.05. The number of rotatable bonds is 4. The molecule has 0 aliphatic heterocycles. The first-order valence-corrected chi connectivity index (χ1v) is 7.29. The normalized spacial score (nSPS) is 11.0. The maximum atomic E-state index is 7.48. The Balaban J connectivity index is 1.83. The third kappa shape index (κ3) is 2.62. The fourth-order valence-electron chi connectivity index (χ4n) is 2.10. The van der Waals surface area contributed by atoms with Gasteiger partial charge >= 0.3 is 0 Å². The van der Waals surface area contributed by atoms with Crippen molar-refractivity contribution in [2.24, 2.45) is 5.73 Å². The molecule has 0 aliphatic rings.